The molecule has 3 rings (SSSR count). The maximum atomic E-state index is 13.6. The van der Waals surface area contributed by atoms with Crippen molar-refractivity contribution in [2.24, 2.45) is 0 Å². The minimum atomic E-state index is -4.49. The van der Waals surface area contributed by atoms with E-state index in [-0.39, 0.29) is 21.2 Å². The van der Waals surface area contributed by atoms with Gasteiger partial charge in [-0.15, -0.1) is 0 Å². The molecule has 2 aromatic rings. The van der Waals surface area contributed by atoms with Gasteiger partial charge in [-0.25, -0.2) is 4.39 Å². The Morgan fingerprint density at radius 1 is 1.30 bits per heavy atom. The van der Waals surface area contributed by atoms with Gasteiger partial charge in [0.05, 0.1) is 15.9 Å². The summed E-state index contributed by atoms with van der Waals surface area (Å²) in [5.74, 6) is -0.295. The van der Waals surface area contributed by atoms with Gasteiger partial charge in [0.1, 0.15) is 5.82 Å². The standard InChI is InChI=1S/C17H17BrF4N4S/c18-13-14(10-6-7-10)26(25-15(13)17(20,21)22)9-3-8-23-16(27)24-12-5-2-1-4-11(12)19/h1-2,4-5,10H,3,6-9H2,(H2,23,24,27). The van der Waals surface area contributed by atoms with Crippen LogP contribution < -0.4 is 10.6 Å². The van der Waals surface area contributed by atoms with Crippen LogP contribution in [0, 0.1) is 5.82 Å². The zero-order chi connectivity index (χ0) is 19.6. The number of thiocarbonyl (C=S) groups is 1. The summed E-state index contributed by atoms with van der Waals surface area (Å²) in [6, 6.07) is 6.14. The van der Waals surface area contributed by atoms with E-state index in [1.807, 2.05) is 0 Å². The van der Waals surface area contributed by atoms with Crippen molar-refractivity contribution >= 4 is 38.9 Å². The van der Waals surface area contributed by atoms with Gasteiger partial charge in [0, 0.05) is 19.0 Å². The minimum absolute atomic E-state index is 0.0437. The van der Waals surface area contributed by atoms with Crippen molar-refractivity contribution in [3.8, 4) is 0 Å². The summed E-state index contributed by atoms with van der Waals surface area (Å²) < 4.78 is 54.3. The third-order valence-electron chi connectivity index (χ3n) is 4.12. The largest absolute Gasteiger partial charge is 0.436 e. The van der Waals surface area contributed by atoms with E-state index < -0.39 is 17.7 Å². The first-order valence-corrected chi connectivity index (χ1v) is 9.60. The lowest BCUT2D eigenvalue weighted by molar-refractivity contribution is -0.142. The highest BCUT2D eigenvalue weighted by Crippen LogP contribution is 2.46. The number of nitrogens with zero attached hydrogens (tertiary/aromatic N) is 2. The Balaban J connectivity index is 1.55. The van der Waals surface area contributed by atoms with Crippen LogP contribution in [-0.2, 0) is 12.7 Å². The highest BCUT2D eigenvalue weighted by molar-refractivity contribution is 9.10. The van der Waals surface area contributed by atoms with Crippen LogP contribution in [-0.4, -0.2) is 21.4 Å². The maximum Gasteiger partial charge on any atom is 0.436 e. The molecule has 0 unspecified atom stereocenters. The molecular weight excluding hydrogens is 448 g/mol. The Bertz CT molecular complexity index is 833. The fourth-order valence-corrected chi connectivity index (χ4v) is 3.76. The number of hydrogen-bond acceptors (Lipinski definition) is 2. The van der Waals surface area contributed by atoms with Crippen molar-refractivity contribution in [2.75, 3.05) is 11.9 Å². The molecule has 1 aromatic heterocycles. The lowest BCUT2D eigenvalue weighted by Crippen LogP contribution is -2.30. The molecule has 1 saturated carbocycles. The summed E-state index contributed by atoms with van der Waals surface area (Å²) in [5.41, 5.74) is -0.0136. The molecule has 0 atom stereocenters. The van der Waals surface area contributed by atoms with Gasteiger partial charge in [0.15, 0.2) is 10.8 Å². The summed E-state index contributed by atoms with van der Waals surface area (Å²) in [7, 11) is 0. The lowest BCUT2D eigenvalue weighted by atomic mass is 10.2. The minimum Gasteiger partial charge on any atom is -0.362 e. The Morgan fingerprint density at radius 2 is 2.00 bits per heavy atom. The second-order valence-corrected chi connectivity index (χ2v) is 7.46. The number of halogens is 5. The van der Waals surface area contributed by atoms with Crippen LogP contribution in [0.3, 0.4) is 0 Å². The normalized spacial score (nSPS) is 14.3. The Kier molecular flexibility index (Phi) is 6.05. The summed E-state index contributed by atoms with van der Waals surface area (Å²) >= 11 is 8.18. The molecular formula is C17H17BrF4N4S. The second kappa shape index (κ2) is 8.14. The van der Waals surface area contributed by atoms with Crippen molar-refractivity contribution < 1.29 is 17.6 Å². The number of benzene rings is 1. The third-order valence-corrected chi connectivity index (χ3v) is 5.15. The molecule has 0 bridgehead atoms. The van der Waals surface area contributed by atoms with Gasteiger partial charge < -0.3 is 10.6 Å². The van der Waals surface area contributed by atoms with E-state index in [0.717, 1.165) is 12.8 Å². The molecule has 1 fully saturated rings. The number of anilines is 1. The number of aromatic nitrogens is 2. The molecule has 1 heterocycles. The molecule has 1 aliphatic carbocycles. The number of para-hydroxylation sites is 1. The van der Waals surface area contributed by atoms with Crippen LogP contribution in [0.4, 0.5) is 23.2 Å². The van der Waals surface area contributed by atoms with E-state index in [4.69, 9.17) is 12.2 Å². The molecule has 0 spiro atoms. The zero-order valence-corrected chi connectivity index (χ0v) is 16.5. The van der Waals surface area contributed by atoms with Crippen LogP contribution >= 0.6 is 28.1 Å². The van der Waals surface area contributed by atoms with Gasteiger partial charge in [-0.2, -0.15) is 18.3 Å². The average Bonchev–Trinajstić information content (AvgIpc) is 3.36. The number of rotatable bonds is 6. The van der Waals surface area contributed by atoms with E-state index in [1.165, 1.54) is 10.7 Å². The first kappa shape index (κ1) is 20.1. The number of alkyl halides is 3. The summed E-state index contributed by atoms with van der Waals surface area (Å²) in [6.45, 7) is 0.749. The van der Waals surface area contributed by atoms with Crippen LogP contribution in [0.15, 0.2) is 28.7 Å². The summed E-state index contributed by atoms with van der Waals surface area (Å²) in [6.07, 6.45) is -2.23. The van der Waals surface area contributed by atoms with Crippen LogP contribution in [0.1, 0.15) is 36.6 Å². The van der Waals surface area contributed by atoms with Crippen molar-refractivity contribution in [3.63, 3.8) is 0 Å². The molecule has 1 aromatic carbocycles. The fraction of sp³-hybridized carbons (Fsp3) is 0.412. The van der Waals surface area contributed by atoms with Crippen molar-refractivity contribution in [3.05, 3.63) is 45.9 Å². The molecule has 10 heteroatoms. The molecule has 4 nitrogen and oxygen atoms in total. The number of nitrogens with one attached hydrogen (secondary N) is 2. The summed E-state index contributed by atoms with van der Waals surface area (Å²) in [5, 5.41) is 9.68. The first-order valence-electron chi connectivity index (χ1n) is 8.40. The smallest absolute Gasteiger partial charge is 0.362 e. The Morgan fingerprint density at radius 3 is 2.63 bits per heavy atom. The monoisotopic (exact) mass is 464 g/mol. The van der Waals surface area contributed by atoms with Gasteiger partial charge in [-0.05, 0) is 59.5 Å². The maximum absolute atomic E-state index is 13.6. The second-order valence-electron chi connectivity index (χ2n) is 6.26. The molecule has 1 aliphatic rings. The van der Waals surface area contributed by atoms with E-state index in [2.05, 4.69) is 31.7 Å². The topological polar surface area (TPSA) is 41.9 Å². The highest BCUT2D eigenvalue weighted by Gasteiger charge is 2.41. The number of aryl methyl sites for hydroxylation is 1. The average molecular weight is 465 g/mol. The molecule has 0 saturated heterocycles. The number of hydrogen-bond donors (Lipinski definition) is 2. The van der Waals surface area contributed by atoms with Crippen molar-refractivity contribution in [1.82, 2.24) is 15.1 Å². The van der Waals surface area contributed by atoms with Crippen LogP contribution in [0.5, 0.6) is 0 Å². The van der Waals surface area contributed by atoms with E-state index in [1.54, 1.807) is 18.2 Å². The van der Waals surface area contributed by atoms with Gasteiger partial charge in [-0.3, -0.25) is 4.68 Å². The van der Waals surface area contributed by atoms with Gasteiger partial charge in [-0.1, -0.05) is 12.1 Å². The first-order chi connectivity index (χ1) is 12.8. The Labute approximate surface area is 167 Å². The Hall–Kier alpha value is -1.68. The molecule has 0 aliphatic heterocycles. The predicted molar refractivity (Wildman–Crippen MR) is 102 cm³/mol. The molecule has 146 valence electrons. The van der Waals surface area contributed by atoms with Gasteiger partial charge in [0.25, 0.3) is 0 Å². The molecule has 0 radical (unpaired) electrons. The SMILES string of the molecule is Fc1ccccc1NC(=S)NCCCn1nc(C(F)(F)F)c(Br)c1C1CC1. The predicted octanol–water partition coefficient (Wildman–Crippen LogP) is 5.06. The quantitative estimate of drug-likeness (QED) is 0.356. The molecule has 0 amide bonds. The molecule has 2 N–H and O–H groups in total. The van der Waals surface area contributed by atoms with E-state index in [9.17, 15) is 17.6 Å². The zero-order valence-electron chi connectivity index (χ0n) is 14.1. The van der Waals surface area contributed by atoms with Crippen molar-refractivity contribution in [1.29, 1.82) is 0 Å². The van der Waals surface area contributed by atoms with E-state index in [0.29, 0.717) is 25.2 Å². The van der Waals surface area contributed by atoms with E-state index >= 15 is 0 Å². The summed E-state index contributed by atoms with van der Waals surface area (Å²) in [4.78, 5) is 0. The lowest BCUT2D eigenvalue weighted by Gasteiger charge is -2.12. The third kappa shape index (κ3) is 4.98. The molecule has 27 heavy (non-hydrogen) atoms. The van der Waals surface area contributed by atoms with Crippen molar-refractivity contribution in [2.45, 2.75) is 37.9 Å². The fourth-order valence-electron chi connectivity index (χ4n) is 2.71. The van der Waals surface area contributed by atoms with Gasteiger partial charge >= 0.3 is 6.18 Å². The van der Waals surface area contributed by atoms with Crippen LogP contribution in [0.2, 0.25) is 0 Å². The highest BCUT2D eigenvalue weighted by atomic mass is 79.9. The van der Waals surface area contributed by atoms with Crippen LogP contribution in [0.25, 0.3) is 0 Å². The van der Waals surface area contributed by atoms with Gasteiger partial charge in [0.2, 0.25) is 0 Å².